The molecule has 0 unspecified atom stereocenters. The summed E-state index contributed by atoms with van der Waals surface area (Å²) >= 11 is 5.94. The lowest BCUT2D eigenvalue weighted by Gasteiger charge is -2.17. The predicted octanol–water partition coefficient (Wildman–Crippen LogP) is 2.26. The average Bonchev–Trinajstić information content (AvgIpc) is 2.39. The van der Waals surface area contributed by atoms with Gasteiger partial charge in [0.1, 0.15) is 0 Å². The van der Waals surface area contributed by atoms with Gasteiger partial charge in [0, 0.05) is 36.6 Å². The van der Waals surface area contributed by atoms with E-state index in [2.05, 4.69) is 9.97 Å². The van der Waals surface area contributed by atoms with Crippen LogP contribution in [0, 0.1) is 0 Å². The summed E-state index contributed by atoms with van der Waals surface area (Å²) in [6.07, 6.45) is 3.24. The van der Waals surface area contributed by atoms with Crippen molar-refractivity contribution in [3.8, 4) is 0 Å². The Morgan fingerprint density at radius 2 is 1.94 bits per heavy atom. The monoisotopic (exact) mass is 263 g/mol. The number of aromatic nitrogens is 2. The largest absolute Gasteiger partial charge is 0.392 e. The lowest BCUT2D eigenvalue weighted by atomic mass is 10.2. The Labute approximate surface area is 111 Å². The van der Waals surface area contributed by atoms with Gasteiger partial charge in [-0.3, -0.25) is 0 Å². The Morgan fingerprint density at radius 3 is 2.56 bits per heavy atom. The van der Waals surface area contributed by atoms with Gasteiger partial charge < -0.3 is 10.0 Å². The second-order valence-corrected chi connectivity index (χ2v) is 4.47. The molecule has 0 spiro atoms. The van der Waals surface area contributed by atoms with E-state index < -0.39 is 0 Å². The van der Waals surface area contributed by atoms with Crippen molar-refractivity contribution in [1.82, 2.24) is 9.97 Å². The Bertz CT molecular complexity index is 516. The maximum atomic E-state index is 8.92. The number of anilines is 1. The molecule has 0 fully saturated rings. The molecule has 4 nitrogen and oxygen atoms in total. The van der Waals surface area contributed by atoms with Crippen LogP contribution in [-0.4, -0.2) is 22.1 Å². The summed E-state index contributed by atoms with van der Waals surface area (Å²) in [5.41, 5.74) is 1.80. The number of halogens is 1. The van der Waals surface area contributed by atoms with Crippen LogP contribution in [0.3, 0.4) is 0 Å². The second-order valence-electron chi connectivity index (χ2n) is 4.04. The first-order chi connectivity index (χ1) is 8.69. The van der Waals surface area contributed by atoms with Crippen molar-refractivity contribution in [1.29, 1.82) is 0 Å². The van der Waals surface area contributed by atoms with Crippen LogP contribution in [-0.2, 0) is 13.2 Å². The first kappa shape index (κ1) is 12.8. The molecule has 0 saturated carbocycles. The van der Waals surface area contributed by atoms with E-state index in [9.17, 15) is 0 Å². The highest BCUT2D eigenvalue weighted by Crippen LogP contribution is 2.14. The minimum Gasteiger partial charge on any atom is -0.392 e. The molecular weight excluding hydrogens is 250 g/mol. The fourth-order valence-electron chi connectivity index (χ4n) is 1.61. The predicted molar refractivity (Wildman–Crippen MR) is 71.5 cm³/mol. The standard InChI is InChI=1S/C13H14ClN3O/c1-17(8-10-3-2-4-12(14)5-10)13-15-6-11(9-18)7-16-13/h2-7,18H,8-9H2,1H3. The molecule has 1 aromatic heterocycles. The number of aliphatic hydroxyl groups excluding tert-OH is 1. The normalized spacial score (nSPS) is 10.4. The van der Waals surface area contributed by atoms with Crippen molar-refractivity contribution in [2.45, 2.75) is 13.2 Å². The van der Waals surface area contributed by atoms with Crippen molar-refractivity contribution in [2.24, 2.45) is 0 Å². The first-order valence-electron chi connectivity index (χ1n) is 5.56. The molecule has 1 aromatic carbocycles. The highest BCUT2D eigenvalue weighted by atomic mass is 35.5. The molecule has 0 radical (unpaired) electrons. The molecular formula is C13H14ClN3O. The van der Waals surface area contributed by atoms with Crippen LogP contribution >= 0.6 is 11.6 Å². The highest BCUT2D eigenvalue weighted by molar-refractivity contribution is 6.30. The van der Waals surface area contributed by atoms with Crippen LogP contribution in [0.1, 0.15) is 11.1 Å². The highest BCUT2D eigenvalue weighted by Gasteiger charge is 2.05. The van der Waals surface area contributed by atoms with E-state index in [0.717, 1.165) is 10.6 Å². The van der Waals surface area contributed by atoms with Crippen molar-refractivity contribution in [3.05, 3.63) is 52.8 Å². The van der Waals surface area contributed by atoms with E-state index in [1.807, 2.05) is 36.2 Å². The Morgan fingerprint density at radius 1 is 1.22 bits per heavy atom. The first-order valence-corrected chi connectivity index (χ1v) is 5.94. The van der Waals surface area contributed by atoms with E-state index in [4.69, 9.17) is 16.7 Å². The molecule has 0 amide bonds. The fourth-order valence-corrected chi connectivity index (χ4v) is 1.82. The van der Waals surface area contributed by atoms with Gasteiger partial charge in [-0.2, -0.15) is 0 Å². The molecule has 1 N–H and O–H groups in total. The Balaban J connectivity index is 2.09. The molecule has 0 aliphatic carbocycles. The van der Waals surface area contributed by atoms with E-state index >= 15 is 0 Å². The van der Waals surface area contributed by atoms with Crippen LogP contribution in [0.5, 0.6) is 0 Å². The third kappa shape index (κ3) is 3.18. The quantitative estimate of drug-likeness (QED) is 0.919. The van der Waals surface area contributed by atoms with Crippen molar-refractivity contribution in [2.75, 3.05) is 11.9 Å². The van der Waals surface area contributed by atoms with Gasteiger partial charge in [0.2, 0.25) is 5.95 Å². The second kappa shape index (κ2) is 5.80. The Kier molecular flexibility index (Phi) is 4.12. The minimum absolute atomic E-state index is 0.0434. The number of hydrogen-bond acceptors (Lipinski definition) is 4. The van der Waals surface area contributed by atoms with Gasteiger partial charge in [0.05, 0.1) is 6.61 Å². The van der Waals surface area contributed by atoms with E-state index in [1.165, 1.54) is 0 Å². The molecule has 2 aromatic rings. The zero-order chi connectivity index (χ0) is 13.0. The summed E-state index contributed by atoms with van der Waals surface area (Å²) < 4.78 is 0. The summed E-state index contributed by atoms with van der Waals surface area (Å²) in [5.74, 6) is 0.618. The van der Waals surface area contributed by atoms with Crippen LogP contribution in [0.4, 0.5) is 5.95 Å². The van der Waals surface area contributed by atoms with Gasteiger partial charge >= 0.3 is 0 Å². The summed E-state index contributed by atoms with van der Waals surface area (Å²) in [5, 5.41) is 9.64. The van der Waals surface area contributed by atoms with Gasteiger partial charge in [0.25, 0.3) is 0 Å². The molecule has 0 atom stereocenters. The van der Waals surface area contributed by atoms with Crippen LogP contribution in [0.2, 0.25) is 5.02 Å². The number of rotatable bonds is 4. The zero-order valence-electron chi connectivity index (χ0n) is 10.0. The van der Waals surface area contributed by atoms with E-state index in [0.29, 0.717) is 18.1 Å². The number of aliphatic hydroxyl groups is 1. The number of nitrogens with zero attached hydrogens (tertiary/aromatic N) is 3. The molecule has 1 heterocycles. The summed E-state index contributed by atoms with van der Waals surface area (Å²) in [6, 6.07) is 7.68. The Hall–Kier alpha value is -1.65. The maximum absolute atomic E-state index is 8.92. The van der Waals surface area contributed by atoms with Crippen molar-refractivity contribution < 1.29 is 5.11 Å². The van der Waals surface area contributed by atoms with Crippen molar-refractivity contribution in [3.63, 3.8) is 0 Å². The van der Waals surface area contributed by atoms with Gasteiger partial charge in [-0.1, -0.05) is 23.7 Å². The maximum Gasteiger partial charge on any atom is 0.225 e. The molecule has 0 saturated heterocycles. The van der Waals surface area contributed by atoms with Gasteiger partial charge in [-0.15, -0.1) is 0 Å². The fraction of sp³-hybridized carbons (Fsp3) is 0.231. The third-order valence-corrected chi connectivity index (χ3v) is 2.76. The van der Waals surface area contributed by atoms with Crippen molar-refractivity contribution >= 4 is 17.5 Å². The minimum atomic E-state index is -0.0434. The van der Waals surface area contributed by atoms with E-state index in [-0.39, 0.29) is 6.61 Å². The smallest absolute Gasteiger partial charge is 0.225 e. The molecule has 5 heteroatoms. The summed E-state index contributed by atoms with van der Waals surface area (Å²) in [7, 11) is 1.91. The van der Waals surface area contributed by atoms with Gasteiger partial charge in [-0.05, 0) is 17.7 Å². The lowest BCUT2D eigenvalue weighted by molar-refractivity contribution is 0.281. The topological polar surface area (TPSA) is 49.2 Å². The third-order valence-electron chi connectivity index (χ3n) is 2.52. The SMILES string of the molecule is CN(Cc1cccc(Cl)c1)c1ncc(CO)cn1. The van der Waals surface area contributed by atoms with Crippen LogP contribution in [0.15, 0.2) is 36.7 Å². The summed E-state index contributed by atoms with van der Waals surface area (Å²) in [6.45, 7) is 0.636. The van der Waals surface area contributed by atoms with Crippen LogP contribution < -0.4 is 4.90 Å². The zero-order valence-corrected chi connectivity index (χ0v) is 10.8. The molecule has 18 heavy (non-hydrogen) atoms. The lowest BCUT2D eigenvalue weighted by Crippen LogP contribution is -2.19. The van der Waals surface area contributed by atoms with E-state index in [1.54, 1.807) is 12.4 Å². The molecule has 0 aliphatic heterocycles. The molecule has 2 rings (SSSR count). The summed E-state index contributed by atoms with van der Waals surface area (Å²) in [4.78, 5) is 10.3. The molecule has 94 valence electrons. The number of hydrogen-bond donors (Lipinski definition) is 1. The average molecular weight is 264 g/mol. The molecule has 0 bridgehead atoms. The van der Waals surface area contributed by atoms with Crippen LogP contribution in [0.25, 0.3) is 0 Å². The molecule has 0 aliphatic rings. The van der Waals surface area contributed by atoms with Gasteiger partial charge in [0.15, 0.2) is 0 Å². The number of benzene rings is 1. The van der Waals surface area contributed by atoms with Gasteiger partial charge in [-0.25, -0.2) is 9.97 Å².